The largest absolute Gasteiger partial charge is 0.300 e. The molecule has 0 unspecified atom stereocenters. The Balaban J connectivity index is 1.36. The molecule has 0 aliphatic rings. The van der Waals surface area contributed by atoms with Crippen LogP contribution >= 0.6 is 11.3 Å². The van der Waals surface area contributed by atoms with Gasteiger partial charge in [0.1, 0.15) is 9.90 Å². The molecule has 158 valence electrons. The number of amides is 1. The van der Waals surface area contributed by atoms with Crippen molar-refractivity contribution in [2.24, 2.45) is 0 Å². The molecule has 0 spiro atoms. The predicted octanol–water partition coefficient (Wildman–Crippen LogP) is 3.37. The highest BCUT2D eigenvalue weighted by Gasteiger charge is 2.18. The van der Waals surface area contributed by atoms with Gasteiger partial charge >= 0.3 is 0 Å². The van der Waals surface area contributed by atoms with Crippen molar-refractivity contribution in [3.05, 3.63) is 66.4 Å². The normalized spacial score (nSPS) is 11.5. The second-order valence-electron chi connectivity index (χ2n) is 6.81. The van der Waals surface area contributed by atoms with Crippen molar-refractivity contribution >= 4 is 43.3 Å². The maximum absolute atomic E-state index is 12.7. The van der Waals surface area contributed by atoms with Crippen LogP contribution in [-0.2, 0) is 14.8 Å². The van der Waals surface area contributed by atoms with Gasteiger partial charge in [0.2, 0.25) is 21.1 Å². The fraction of sp³-hybridized carbons (Fsp3) is 0.143. The molecule has 0 bridgehead atoms. The number of fused-ring (bicyclic) bond motifs is 1. The Labute approximate surface area is 183 Å². The Morgan fingerprint density at radius 3 is 2.71 bits per heavy atom. The molecule has 4 rings (SSSR count). The minimum absolute atomic E-state index is 0.0449. The highest BCUT2D eigenvalue weighted by atomic mass is 32.2. The molecule has 0 radical (unpaired) electrons. The first kappa shape index (κ1) is 21.0. The van der Waals surface area contributed by atoms with E-state index in [0.29, 0.717) is 15.7 Å². The number of hydrogen-bond donors (Lipinski definition) is 2. The predicted molar refractivity (Wildman–Crippen MR) is 120 cm³/mol. The van der Waals surface area contributed by atoms with Gasteiger partial charge in [-0.15, -0.1) is 10.2 Å². The van der Waals surface area contributed by atoms with E-state index in [4.69, 9.17) is 0 Å². The fourth-order valence-corrected chi connectivity index (χ4v) is 4.99. The number of rotatable bonds is 7. The number of benzene rings is 2. The zero-order valence-electron chi connectivity index (χ0n) is 16.6. The van der Waals surface area contributed by atoms with Gasteiger partial charge in [0.25, 0.3) is 0 Å². The fourth-order valence-electron chi connectivity index (χ4n) is 3.02. The van der Waals surface area contributed by atoms with Crippen molar-refractivity contribution in [1.29, 1.82) is 0 Å². The average molecular weight is 454 g/mol. The number of nitrogens with zero attached hydrogens (tertiary/aromatic N) is 3. The molecule has 10 heteroatoms. The van der Waals surface area contributed by atoms with E-state index in [1.54, 1.807) is 30.5 Å². The molecule has 4 aromatic rings. The molecule has 0 aliphatic carbocycles. The lowest BCUT2D eigenvalue weighted by Crippen LogP contribution is -2.28. The summed E-state index contributed by atoms with van der Waals surface area (Å²) in [5, 5.41) is 12.5. The van der Waals surface area contributed by atoms with Gasteiger partial charge in [-0.3, -0.25) is 9.78 Å². The summed E-state index contributed by atoms with van der Waals surface area (Å²) < 4.78 is 27.8. The second-order valence-corrected chi connectivity index (χ2v) is 9.52. The summed E-state index contributed by atoms with van der Waals surface area (Å²) in [5.74, 6) is -0.356. The highest BCUT2D eigenvalue weighted by molar-refractivity contribution is 7.89. The summed E-state index contributed by atoms with van der Waals surface area (Å²) in [6, 6.07) is 16.3. The smallest absolute Gasteiger partial charge is 0.242 e. The minimum atomic E-state index is -3.81. The molecule has 2 N–H and O–H groups in total. The van der Waals surface area contributed by atoms with Crippen molar-refractivity contribution < 1.29 is 13.2 Å². The maximum atomic E-state index is 12.7. The lowest BCUT2D eigenvalue weighted by molar-refractivity contribution is -0.116. The quantitative estimate of drug-likeness (QED) is 0.443. The van der Waals surface area contributed by atoms with Gasteiger partial charge in [0.05, 0.1) is 5.52 Å². The Kier molecular flexibility index (Phi) is 6.03. The van der Waals surface area contributed by atoms with E-state index >= 15 is 0 Å². The number of carbonyl (C=O) groups excluding carboxylic acids is 1. The molecule has 31 heavy (non-hydrogen) atoms. The number of para-hydroxylation sites is 1. The number of aromatic nitrogens is 3. The molecule has 0 fully saturated rings. The monoisotopic (exact) mass is 453 g/mol. The summed E-state index contributed by atoms with van der Waals surface area (Å²) in [6.07, 6.45) is 1.50. The summed E-state index contributed by atoms with van der Waals surface area (Å²) in [6.45, 7) is 1.93. The van der Waals surface area contributed by atoms with Crippen LogP contribution in [0.5, 0.6) is 0 Å². The third-order valence-electron chi connectivity index (χ3n) is 4.47. The molecule has 2 aromatic carbocycles. The zero-order valence-corrected chi connectivity index (χ0v) is 18.2. The summed E-state index contributed by atoms with van der Waals surface area (Å²) in [4.78, 5) is 16.5. The molecule has 0 saturated heterocycles. The van der Waals surface area contributed by atoms with Crippen LogP contribution in [-0.4, -0.2) is 36.1 Å². The molecular formula is C21H19N5O3S2. The zero-order chi connectivity index (χ0) is 21.8. The molecule has 0 atom stereocenters. The van der Waals surface area contributed by atoms with Gasteiger partial charge in [-0.25, -0.2) is 13.1 Å². The van der Waals surface area contributed by atoms with Gasteiger partial charge in [0.15, 0.2) is 0 Å². The highest BCUT2D eigenvalue weighted by Crippen LogP contribution is 2.27. The standard InChI is InChI=1S/C21H19N5O3S2/c1-14-5-2-7-16(13-14)20-25-26-21(30-20)24-18(27)10-12-23-31(28,29)17-9-3-6-15-8-4-11-22-19(15)17/h2-9,11,13,23H,10,12H2,1H3,(H,24,26,27). The van der Waals surface area contributed by atoms with Crippen molar-refractivity contribution in [3.63, 3.8) is 0 Å². The first-order valence-electron chi connectivity index (χ1n) is 9.46. The molecular weight excluding hydrogens is 434 g/mol. The van der Waals surface area contributed by atoms with Crippen molar-refractivity contribution in [2.45, 2.75) is 18.2 Å². The van der Waals surface area contributed by atoms with Gasteiger partial charge in [-0.1, -0.05) is 53.3 Å². The van der Waals surface area contributed by atoms with E-state index in [0.717, 1.165) is 16.5 Å². The number of sulfonamides is 1. The van der Waals surface area contributed by atoms with Crippen LogP contribution in [0.25, 0.3) is 21.5 Å². The Morgan fingerprint density at radius 1 is 1.06 bits per heavy atom. The van der Waals surface area contributed by atoms with Crippen molar-refractivity contribution in [3.8, 4) is 10.6 Å². The molecule has 0 saturated carbocycles. The summed E-state index contributed by atoms with van der Waals surface area (Å²) in [5.41, 5.74) is 2.42. The summed E-state index contributed by atoms with van der Waals surface area (Å²) in [7, 11) is -3.81. The van der Waals surface area contributed by atoms with E-state index in [1.165, 1.54) is 17.4 Å². The molecule has 2 heterocycles. The van der Waals surface area contributed by atoms with Crippen LogP contribution in [0, 0.1) is 6.92 Å². The van der Waals surface area contributed by atoms with Crippen molar-refractivity contribution in [1.82, 2.24) is 19.9 Å². The molecule has 2 aromatic heterocycles. The molecule has 0 aliphatic heterocycles. The Hall–Kier alpha value is -3.21. The van der Waals surface area contributed by atoms with E-state index in [9.17, 15) is 13.2 Å². The van der Waals surface area contributed by atoms with Crippen LogP contribution in [0.15, 0.2) is 65.7 Å². The first-order valence-corrected chi connectivity index (χ1v) is 11.8. The minimum Gasteiger partial charge on any atom is -0.300 e. The third-order valence-corrected chi connectivity index (χ3v) is 6.85. The second kappa shape index (κ2) is 8.88. The van der Waals surface area contributed by atoms with Gasteiger partial charge in [-0.05, 0) is 25.1 Å². The van der Waals surface area contributed by atoms with Gasteiger partial charge < -0.3 is 5.32 Å². The van der Waals surface area contributed by atoms with Crippen molar-refractivity contribution in [2.75, 3.05) is 11.9 Å². The number of carbonyl (C=O) groups is 1. The number of hydrogen-bond acceptors (Lipinski definition) is 7. The van der Waals surface area contributed by atoms with Gasteiger partial charge in [0, 0.05) is 30.1 Å². The first-order chi connectivity index (χ1) is 14.9. The number of nitrogens with one attached hydrogen (secondary N) is 2. The molecule has 1 amide bonds. The Bertz CT molecular complexity index is 1350. The molecule has 8 nitrogen and oxygen atoms in total. The lowest BCUT2D eigenvalue weighted by Gasteiger charge is -2.08. The lowest BCUT2D eigenvalue weighted by atomic mass is 10.1. The number of anilines is 1. The van der Waals surface area contributed by atoms with E-state index < -0.39 is 10.0 Å². The third kappa shape index (κ3) is 4.93. The summed E-state index contributed by atoms with van der Waals surface area (Å²) >= 11 is 1.26. The SMILES string of the molecule is Cc1cccc(-c2nnc(NC(=O)CCNS(=O)(=O)c3cccc4cccnc34)s2)c1. The maximum Gasteiger partial charge on any atom is 0.242 e. The van der Waals surface area contributed by atoms with E-state index in [-0.39, 0.29) is 23.8 Å². The van der Waals surface area contributed by atoms with Crippen LogP contribution < -0.4 is 10.0 Å². The number of pyridine rings is 1. The van der Waals surface area contributed by atoms with Gasteiger partial charge in [-0.2, -0.15) is 0 Å². The Morgan fingerprint density at radius 2 is 1.87 bits per heavy atom. The topological polar surface area (TPSA) is 114 Å². The van der Waals surface area contributed by atoms with Crippen LogP contribution in [0.1, 0.15) is 12.0 Å². The average Bonchev–Trinajstić information content (AvgIpc) is 3.21. The van der Waals surface area contributed by atoms with Crippen LogP contribution in [0.3, 0.4) is 0 Å². The number of aryl methyl sites for hydroxylation is 1. The van der Waals surface area contributed by atoms with Crippen LogP contribution in [0.4, 0.5) is 5.13 Å². The van der Waals surface area contributed by atoms with Crippen LogP contribution in [0.2, 0.25) is 0 Å². The van der Waals surface area contributed by atoms with E-state index in [1.807, 2.05) is 31.2 Å². The van der Waals surface area contributed by atoms with E-state index in [2.05, 4.69) is 25.2 Å².